The molecule has 0 aromatic heterocycles. The number of benzene rings is 1. The summed E-state index contributed by atoms with van der Waals surface area (Å²) in [5.74, 6) is 1.30. The van der Waals surface area contributed by atoms with Crippen LogP contribution in [0.2, 0.25) is 0 Å². The highest BCUT2D eigenvalue weighted by Crippen LogP contribution is 2.38. The van der Waals surface area contributed by atoms with Crippen molar-refractivity contribution in [2.75, 3.05) is 27.4 Å². The molecule has 5 heteroatoms. The topological polar surface area (TPSA) is 65.0 Å². The third-order valence-electron chi connectivity index (χ3n) is 2.44. The second-order valence-corrected chi connectivity index (χ2v) is 3.97. The molecule has 1 rings (SSSR count). The number of aldehydes is 1. The van der Waals surface area contributed by atoms with Gasteiger partial charge in [0.2, 0.25) is 5.75 Å². The second-order valence-electron chi connectivity index (χ2n) is 3.97. The standard InChI is InChI=1S/C13H18O5/c1-9(6-14)8-18-13-11(16-2)4-10(7-15)5-12(13)17-3/h4-5,7,9,14H,6,8H2,1-3H3. The number of hydrogen-bond acceptors (Lipinski definition) is 5. The van der Waals surface area contributed by atoms with Gasteiger partial charge in [0.1, 0.15) is 6.29 Å². The summed E-state index contributed by atoms with van der Waals surface area (Å²) in [6.45, 7) is 2.24. The van der Waals surface area contributed by atoms with Crippen LogP contribution in [0, 0.1) is 5.92 Å². The third kappa shape index (κ3) is 3.37. The number of methoxy groups -OCH3 is 2. The summed E-state index contributed by atoms with van der Waals surface area (Å²) < 4.78 is 15.9. The van der Waals surface area contributed by atoms with Crippen molar-refractivity contribution in [1.82, 2.24) is 0 Å². The van der Waals surface area contributed by atoms with Crippen LogP contribution in [-0.4, -0.2) is 38.8 Å². The van der Waals surface area contributed by atoms with Gasteiger partial charge >= 0.3 is 0 Å². The summed E-state index contributed by atoms with van der Waals surface area (Å²) in [6, 6.07) is 3.16. The van der Waals surface area contributed by atoms with E-state index < -0.39 is 0 Å². The van der Waals surface area contributed by atoms with E-state index >= 15 is 0 Å². The van der Waals surface area contributed by atoms with Crippen molar-refractivity contribution in [3.63, 3.8) is 0 Å². The minimum absolute atomic E-state index is 0.00478. The summed E-state index contributed by atoms with van der Waals surface area (Å²) in [4.78, 5) is 10.8. The van der Waals surface area contributed by atoms with Crippen LogP contribution in [0.25, 0.3) is 0 Å². The van der Waals surface area contributed by atoms with Gasteiger partial charge in [-0.25, -0.2) is 0 Å². The molecule has 18 heavy (non-hydrogen) atoms. The number of aliphatic hydroxyl groups is 1. The lowest BCUT2D eigenvalue weighted by Gasteiger charge is -2.16. The molecule has 0 spiro atoms. The molecule has 5 nitrogen and oxygen atoms in total. The predicted octanol–water partition coefficient (Wildman–Crippen LogP) is 1.52. The molecule has 1 aromatic rings. The molecule has 0 radical (unpaired) electrons. The highest BCUT2D eigenvalue weighted by molar-refractivity contribution is 5.78. The quantitative estimate of drug-likeness (QED) is 0.747. The number of rotatable bonds is 7. The monoisotopic (exact) mass is 254 g/mol. The maximum Gasteiger partial charge on any atom is 0.203 e. The Hall–Kier alpha value is -1.75. The van der Waals surface area contributed by atoms with Crippen LogP contribution in [0.1, 0.15) is 17.3 Å². The van der Waals surface area contributed by atoms with Gasteiger partial charge in [-0.1, -0.05) is 6.92 Å². The Morgan fingerprint density at radius 2 is 1.83 bits per heavy atom. The van der Waals surface area contributed by atoms with E-state index in [0.29, 0.717) is 35.7 Å². The van der Waals surface area contributed by atoms with Crippen molar-refractivity contribution in [2.45, 2.75) is 6.92 Å². The predicted molar refractivity (Wildman–Crippen MR) is 66.7 cm³/mol. The second kappa shape index (κ2) is 6.86. The normalized spacial score (nSPS) is 11.8. The third-order valence-corrected chi connectivity index (χ3v) is 2.44. The van der Waals surface area contributed by atoms with E-state index in [9.17, 15) is 4.79 Å². The van der Waals surface area contributed by atoms with Crippen molar-refractivity contribution in [3.8, 4) is 17.2 Å². The molecule has 0 aliphatic heterocycles. The Labute approximate surface area is 106 Å². The van der Waals surface area contributed by atoms with Crippen molar-refractivity contribution < 1.29 is 24.1 Å². The molecular formula is C13H18O5. The van der Waals surface area contributed by atoms with Gasteiger partial charge in [0.25, 0.3) is 0 Å². The van der Waals surface area contributed by atoms with Crippen LogP contribution >= 0.6 is 0 Å². The first kappa shape index (κ1) is 14.3. The van der Waals surface area contributed by atoms with E-state index in [4.69, 9.17) is 19.3 Å². The number of carbonyl (C=O) groups excluding carboxylic acids is 1. The van der Waals surface area contributed by atoms with Gasteiger partial charge < -0.3 is 19.3 Å². The first-order valence-electron chi connectivity index (χ1n) is 5.61. The zero-order chi connectivity index (χ0) is 13.5. The molecule has 0 fully saturated rings. The Balaban J connectivity index is 3.03. The average molecular weight is 254 g/mol. The highest BCUT2D eigenvalue weighted by Gasteiger charge is 2.15. The Morgan fingerprint density at radius 1 is 1.28 bits per heavy atom. The van der Waals surface area contributed by atoms with Crippen LogP contribution in [0.3, 0.4) is 0 Å². The lowest BCUT2D eigenvalue weighted by Crippen LogP contribution is -2.13. The average Bonchev–Trinajstić information content (AvgIpc) is 2.43. The first-order chi connectivity index (χ1) is 8.65. The van der Waals surface area contributed by atoms with E-state index in [1.807, 2.05) is 6.92 Å². The number of ether oxygens (including phenoxy) is 3. The minimum atomic E-state index is 0.00478. The Kier molecular flexibility index (Phi) is 5.45. The van der Waals surface area contributed by atoms with E-state index in [-0.39, 0.29) is 12.5 Å². The van der Waals surface area contributed by atoms with E-state index in [0.717, 1.165) is 0 Å². The van der Waals surface area contributed by atoms with Gasteiger partial charge in [-0.15, -0.1) is 0 Å². The molecule has 1 aromatic carbocycles. The van der Waals surface area contributed by atoms with Crippen molar-refractivity contribution in [2.24, 2.45) is 5.92 Å². The Morgan fingerprint density at radius 3 is 2.22 bits per heavy atom. The molecule has 0 amide bonds. The lowest BCUT2D eigenvalue weighted by atomic mass is 10.2. The Bertz CT molecular complexity index is 377. The zero-order valence-corrected chi connectivity index (χ0v) is 10.8. The molecule has 0 aliphatic rings. The summed E-state index contributed by atoms with van der Waals surface area (Å²) in [7, 11) is 2.98. The van der Waals surface area contributed by atoms with Crippen molar-refractivity contribution in [3.05, 3.63) is 17.7 Å². The smallest absolute Gasteiger partial charge is 0.203 e. The van der Waals surface area contributed by atoms with Crippen LogP contribution in [0.4, 0.5) is 0 Å². The van der Waals surface area contributed by atoms with E-state index in [1.165, 1.54) is 14.2 Å². The van der Waals surface area contributed by atoms with Crippen LogP contribution < -0.4 is 14.2 Å². The van der Waals surface area contributed by atoms with Gasteiger partial charge in [0.05, 0.1) is 20.8 Å². The maximum absolute atomic E-state index is 10.8. The van der Waals surface area contributed by atoms with Gasteiger partial charge in [0, 0.05) is 18.1 Å². The first-order valence-corrected chi connectivity index (χ1v) is 5.61. The van der Waals surface area contributed by atoms with E-state index in [2.05, 4.69) is 0 Å². The fraction of sp³-hybridized carbons (Fsp3) is 0.462. The molecule has 0 saturated carbocycles. The van der Waals surface area contributed by atoms with Crippen molar-refractivity contribution >= 4 is 6.29 Å². The minimum Gasteiger partial charge on any atom is -0.493 e. The highest BCUT2D eigenvalue weighted by atomic mass is 16.5. The van der Waals surface area contributed by atoms with Crippen molar-refractivity contribution in [1.29, 1.82) is 0 Å². The van der Waals surface area contributed by atoms with Gasteiger partial charge in [-0.3, -0.25) is 4.79 Å². The molecule has 0 aliphatic carbocycles. The molecule has 0 bridgehead atoms. The fourth-order valence-electron chi connectivity index (χ4n) is 1.39. The molecule has 1 atom stereocenters. The van der Waals surface area contributed by atoms with E-state index in [1.54, 1.807) is 12.1 Å². The molecule has 100 valence electrons. The SMILES string of the molecule is COc1cc(C=O)cc(OC)c1OCC(C)CO. The molecule has 1 N–H and O–H groups in total. The summed E-state index contributed by atoms with van der Waals surface area (Å²) >= 11 is 0. The summed E-state index contributed by atoms with van der Waals surface area (Å²) in [5, 5.41) is 8.96. The number of aliphatic hydroxyl groups excluding tert-OH is 1. The zero-order valence-electron chi connectivity index (χ0n) is 10.8. The van der Waals surface area contributed by atoms with Crippen LogP contribution in [-0.2, 0) is 0 Å². The molecule has 0 saturated heterocycles. The largest absolute Gasteiger partial charge is 0.493 e. The molecule has 1 unspecified atom stereocenters. The van der Waals surface area contributed by atoms with Crippen LogP contribution in [0.5, 0.6) is 17.2 Å². The maximum atomic E-state index is 10.8. The summed E-state index contributed by atoms with van der Waals surface area (Å²) in [5.41, 5.74) is 0.450. The fourth-order valence-corrected chi connectivity index (χ4v) is 1.39. The van der Waals surface area contributed by atoms with Gasteiger partial charge in [-0.2, -0.15) is 0 Å². The number of carbonyl (C=O) groups is 1. The van der Waals surface area contributed by atoms with Gasteiger partial charge in [0.15, 0.2) is 11.5 Å². The molecule has 0 heterocycles. The number of hydrogen-bond donors (Lipinski definition) is 1. The summed E-state index contributed by atoms with van der Waals surface area (Å²) in [6.07, 6.45) is 0.713. The lowest BCUT2D eigenvalue weighted by molar-refractivity contribution is 0.112. The van der Waals surface area contributed by atoms with Crippen LogP contribution in [0.15, 0.2) is 12.1 Å². The molecular weight excluding hydrogens is 236 g/mol. The van der Waals surface area contributed by atoms with Gasteiger partial charge in [-0.05, 0) is 12.1 Å².